The van der Waals surface area contributed by atoms with E-state index in [9.17, 15) is 0 Å². The Morgan fingerprint density at radius 1 is 1.47 bits per heavy atom. The Kier molecular flexibility index (Phi) is 2.56. The predicted molar refractivity (Wildman–Crippen MR) is 66.3 cm³/mol. The molecule has 4 atom stereocenters. The highest BCUT2D eigenvalue weighted by Crippen LogP contribution is 2.44. The van der Waals surface area contributed by atoms with Crippen LogP contribution in [0.5, 0.6) is 0 Å². The lowest BCUT2D eigenvalue weighted by molar-refractivity contribution is 0.0885. The van der Waals surface area contributed by atoms with Gasteiger partial charge in [0.25, 0.3) is 0 Å². The van der Waals surface area contributed by atoms with E-state index < -0.39 is 0 Å². The summed E-state index contributed by atoms with van der Waals surface area (Å²) in [4.78, 5) is 4.15. The lowest BCUT2D eigenvalue weighted by Crippen LogP contribution is -2.30. The lowest BCUT2D eigenvalue weighted by Gasteiger charge is -2.27. The summed E-state index contributed by atoms with van der Waals surface area (Å²) in [5.41, 5.74) is 14.5. The number of rotatable bonds is 2. The van der Waals surface area contributed by atoms with Crippen molar-refractivity contribution in [1.29, 1.82) is 0 Å². The van der Waals surface area contributed by atoms with Crippen LogP contribution < -0.4 is 11.5 Å². The SMILES string of the molecule is Cc1ccnc(N)c1C(N)C1CC2CCC1O2. The highest BCUT2D eigenvalue weighted by molar-refractivity contribution is 5.46. The van der Waals surface area contributed by atoms with Crippen molar-refractivity contribution in [1.82, 2.24) is 4.98 Å². The Bertz CT molecular complexity index is 414. The number of hydrogen-bond acceptors (Lipinski definition) is 4. The first kappa shape index (κ1) is 11.0. The number of anilines is 1. The maximum absolute atomic E-state index is 6.39. The third-order valence-electron chi connectivity index (χ3n) is 4.19. The number of pyridine rings is 1. The minimum Gasteiger partial charge on any atom is -0.383 e. The van der Waals surface area contributed by atoms with E-state index in [1.165, 1.54) is 6.42 Å². The minimum absolute atomic E-state index is 0.0426. The molecular formula is C13H19N3O. The molecule has 3 heterocycles. The molecule has 0 radical (unpaired) electrons. The third kappa shape index (κ3) is 1.72. The Morgan fingerprint density at radius 3 is 2.88 bits per heavy atom. The van der Waals surface area contributed by atoms with E-state index in [1.54, 1.807) is 6.20 Å². The number of aromatic nitrogens is 1. The molecule has 2 bridgehead atoms. The number of nitrogens with zero attached hydrogens (tertiary/aromatic N) is 1. The van der Waals surface area contributed by atoms with Gasteiger partial charge in [0.2, 0.25) is 0 Å². The highest BCUT2D eigenvalue weighted by atomic mass is 16.5. The van der Waals surface area contributed by atoms with E-state index in [2.05, 4.69) is 4.98 Å². The van der Waals surface area contributed by atoms with Gasteiger partial charge in [-0.25, -0.2) is 4.98 Å². The molecule has 4 heteroatoms. The summed E-state index contributed by atoms with van der Waals surface area (Å²) in [6.45, 7) is 2.04. The van der Waals surface area contributed by atoms with E-state index >= 15 is 0 Å². The summed E-state index contributed by atoms with van der Waals surface area (Å²) >= 11 is 0. The van der Waals surface area contributed by atoms with E-state index in [0.29, 0.717) is 23.9 Å². The van der Waals surface area contributed by atoms with Crippen LogP contribution in [0.25, 0.3) is 0 Å². The fraction of sp³-hybridized carbons (Fsp3) is 0.615. The molecule has 0 amide bonds. The van der Waals surface area contributed by atoms with Gasteiger partial charge in [-0.1, -0.05) is 0 Å². The van der Waals surface area contributed by atoms with Crippen molar-refractivity contribution >= 4 is 5.82 Å². The smallest absolute Gasteiger partial charge is 0.128 e. The Balaban J connectivity index is 1.89. The fourth-order valence-corrected chi connectivity index (χ4v) is 3.29. The zero-order valence-electron chi connectivity index (χ0n) is 10.1. The number of hydrogen-bond donors (Lipinski definition) is 2. The van der Waals surface area contributed by atoms with Crippen molar-refractivity contribution < 1.29 is 4.74 Å². The second-order valence-electron chi connectivity index (χ2n) is 5.23. The summed E-state index contributed by atoms with van der Waals surface area (Å²) < 4.78 is 5.87. The first-order chi connectivity index (χ1) is 8.16. The molecule has 0 aliphatic carbocycles. The first-order valence-corrected chi connectivity index (χ1v) is 6.29. The van der Waals surface area contributed by atoms with Crippen molar-refractivity contribution in [2.24, 2.45) is 11.7 Å². The molecule has 1 aromatic heterocycles. The van der Waals surface area contributed by atoms with Gasteiger partial charge in [-0.05, 0) is 37.8 Å². The quantitative estimate of drug-likeness (QED) is 0.812. The van der Waals surface area contributed by atoms with Crippen LogP contribution in [-0.4, -0.2) is 17.2 Å². The zero-order chi connectivity index (χ0) is 12.0. The summed E-state index contributed by atoms with van der Waals surface area (Å²) in [5, 5.41) is 0. The van der Waals surface area contributed by atoms with Gasteiger partial charge in [0, 0.05) is 23.7 Å². The van der Waals surface area contributed by atoms with Gasteiger partial charge in [-0.15, -0.1) is 0 Å². The van der Waals surface area contributed by atoms with Crippen molar-refractivity contribution in [2.45, 2.75) is 44.4 Å². The van der Waals surface area contributed by atoms with Gasteiger partial charge in [0.15, 0.2) is 0 Å². The van der Waals surface area contributed by atoms with Crippen molar-refractivity contribution in [3.8, 4) is 0 Å². The van der Waals surface area contributed by atoms with E-state index in [4.69, 9.17) is 16.2 Å². The van der Waals surface area contributed by atoms with Crippen LogP contribution in [0.3, 0.4) is 0 Å². The van der Waals surface area contributed by atoms with Crippen LogP contribution in [0.2, 0.25) is 0 Å². The van der Waals surface area contributed by atoms with Crippen molar-refractivity contribution in [2.75, 3.05) is 5.73 Å². The van der Waals surface area contributed by atoms with Crippen LogP contribution in [-0.2, 0) is 4.74 Å². The Morgan fingerprint density at radius 2 is 2.29 bits per heavy atom. The van der Waals surface area contributed by atoms with Gasteiger partial charge in [0.1, 0.15) is 5.82 Å². The molecule has 2 aliphatic rings. The molecule has 17 heavy (non-hydrogen) atoms. The van der Waals surface area contributed by atoms with Crippen LogP contribution in [0.4, 0.5) is 5.82 Å². The van der Waals surface area contributed by atoms with Crippen LogP contribution in [0.1, 0.15) is 36.4 Å². The molecule has 0 saturated carbocycles. The molecule has 4 unspecified atom stereocenters. The predicted octanol–water partition coefficient (Wildman–Crippen LogP) is 1.54. The third-order valence-corrected chi connectivity index (χ3v) is 4.19. The second-order valence-corrected chi connectivity index (χ2v) is 5.23. The van der Waals surface area contributed by atoms with Gasteiger partial charge in [-0.2, -0.15) is 0 Å². The van der Waals surface area contributed by atoms with Crippen LogP contribution >= 0.6 is 0 Å². The molecule has 0 aromatic carbocycles. The largest absolute Gasteiger partial charge is 0.383 e. The molecule has 2 fully saturated rings. The first-order valence-electron chi connectivity index (χ1n) is 6.29. The normalized spacial score (nSPS) is 32.9. The van der Waals surface area contributed by atoms with Gasteiger partial charge in [-0.3, -0.25) is 0 Å². The fourth-order valence-electron chi connectivity index (χ4n) is 3.29. The van der Waals surface area contributed by atoms with E-state index in [0.717, 1.165) is 24.0 Å². The molecule has 92 valence electrons. The zero-order valence-corrected chi connectivity index (χ0v) is 10.1. The molecule has 0 spiro atoms. The number of aryl methyl sites for hydroxylation is 1. The standard InChI is InChI=1S/C13H19N3O/c1-7-4-5-16-13(15)11(7)12(14)9-6-8-2-3-10(9)17-8/h4-5,8-10,12H,2-3,6,14H2,1H3,(H2,15,16). The average Bonchev–Trinajstić information content (AvgIpc) is 2.90. The van der Waals surface area contributed by atoms with Crippen molar-refractivity contribution in [3.63, 3.8) is 0 Å². The van der Waals surface area contributed by atoms with Gasteiger partial charge >= 0.3 is 0 Å². The van der Waals surface area contributed by atoms with Gasteiger partial charge < -0.3 is 16.2 Å². The summed E-state index contributed by atoms with van der Waals surface area (Å²) in [6.07, 6.45) is 5.89. The monoisotopic (exact) mass is 233 g/mol. The Labute approximate surface area is 101 Å². The molecule has 1 aromatic rings. The lowest BCUT2D eigenvalue weighted by atomic mass is 9.80. The molecule has 3 rings (SSSR count). The summed E-state index contributed by atoms with van der Waals surface area (Å²) in [7, 11) is 0. The number of fused-ring (bicyclic) bond motifs is 2. The molecule has 2 saturated heterocycles. The van der Waals surface area contributed by atoms with E-state index in [1.807, 2.05) is 13.0 Å². The molecule has 4 nitrogen and oxygen atoms in total. The second kappa shape index (κ2) is 3.96. The topological polar surface area (TPSA) is 74.2 Å². The van der Waals surface area contributed by atoms with Crippen LogP contribution in [0, 0.1) is 12.8 Å². The number of nitrogen functional groups attached to an aromatic ring is 1. The van der Waals surface area contributed by atoms with Crippen molar-refractivity contribution in [3.05, 3.63) is 23.4 Å². The maximum Gasteiger partial charge on any atom is 0.128 e. The van der Waals surface area contributed by atoms with Crippen LogP contribution in [0.15, 0.2) is 12.3 Å². The number of nitrogens with two attached hydrogens (primary N) is 2. The molecule has 2 aliphatic heterocycles. The minimum atomic E-state index is -0.0426. The molecule has 4 N–H and O–H groups in total. The van der Waals surface area contributed by atoms with E-state index in [-0.39, 0.29) is 6.04 Å². The molecular weight excluding hydrogens is 214 g/mol. The highest BCUT2D eigenvalue weighted by Gasteiger charge is 2.44. The average molecular weight is 233 g/mol. The number of ether oxygens (including phenoxy) is 1. The summed E-state index contributed by atoms with van der Waals surface area (Å²) in [6, 6.07) is 1.93. The van der Waals surface area contributed by atoms with Gasteiger partial charge in [0.05, 0.1) is 12.2 Å². The Hall–Kier alpha value is -1.13. The summed E-state index contributed by atoms with van der Waals surface area (Å²) in [5.74, 6) is 0.972. The maximum atomic E-state index is 6.39.